The second-order valence-electron chi connectivity index (χ2n) is 8.43. The van der Waals surface area contributed by atoms with Crippen LogP contribution >= 0.6 is 0 Å². The maximum atomic E-state index is 12.9. The Hall–Kier alpha value is -3.42. The molecular formula is C24H30N6O2. The smallest absolute Gasteiger partial charge is 0.272 e. The summed E-state index contributed by atoms with van der Waals surface area (Å²) in [6.07, 6.45) is 1.31. The SMILES string of the molecule is CCn1nc(C)cc1C(=O)N1CCC(C(=O)Nc2ccc(-n3nc(C)cc3C)cc2)CC1. The molecule has 0 radical (unpaired) electrons. The van der Waals surface area contributed by atoms with E-state index in [2.05, 4.69) is 15.5 Å². The zero-order valence-electron chi connectivity index (χ0n) is 19.1. The molecule has 0 spiro atoms. The van der Waals surface area contributed by atoms with Crippen molar-refractivity contribution in [2.75, 3.05) is 18.4 Å². The van der Waals surface area contributed by atoms with Gasteiger partial charge in [-0.2, -0.15) is 10.2 Å². The van der Waals surface area contributed by atoms with Crippen LogP contribution in [0.4, 0.5) is 5.69 Å². The fourth-order valence-electron chi connectivity index (χ4n) is 4.29. The number of rotatable bonds is 5. The van der Waals surface area contributed by atoms with E-state index < -0.39 is 0 Å². The first-order chi connectivity index (χ1) is 15.4. The van der Waals surface area contributed by atoms with Crippen LogP contribution in [0.2, 0.25) is 0 Å². The van der Waals surface area contributed by atoms with E-state index in [0.29, 0.717) is 38.2 Å². The van der Waals surface area contributed by atoms with Crippen molar-refractivity contribution < 1.29 is 9.59 Å². The molecule has 1 aliphatic heterocycles. The minimum Gasteiger partial charge on any atom is -0.337 e. The fourth-order valence-corrected chi connectivity index (χ4v) is 4.29. The number of anilines is 1. The molecule has 168 valence electrons. The molecule has 32 heavy (non-hydrogen) atoms. The molecule has 4 rings (SSSR count). The average Bonchev–Trinajstić information content (AvgIpc) is 3.34. The number of carbonyl (C=O) groups excluding carboxylic acids is 2. The molecular weight excluding hydrogens is 404 g/mol. The van der Waals surface area contributed by atoms with Gasteiger partial charge in [-0.3, -0.25) is 14.3 Å². The molecule has 1 aromatic carbocycles. The Balaban J connectivity index is 1.33. The van der Waals surface area contributed by atoms with Gasteiger partial charge in [0.1, 0.15) is 5.69 Å². The number of aryl methyl sites for hydroxylation is 4. The van der Waals surface area contributed by atoms with Crippen LogP contribution in [-0.4, -0.2) is 49.4 Å². The summed E-state index contributed by atoms with van der Waals surface area (Å²) in [6.45, 7) is 9.66. The quantitative estimate of drug-likeness (QED) is 0.666. The Morgan fingerprint density at radius 1 is 1.00 bits per heavy atom. The number of nitrogens with one attached hydrogen (secondary N) is 1. The summed E-state index contributed by atoms with van der Waals surface area (Å²) in [6, 6.07) is 11.6. The van der Waals surface area contributed by atoms with E-state index in [1.54, 1.807) is 4.68 Å². The molecule has 0 atom stereocenters. The van der Waals surface area contributed by atoms with Gasteiger partial charge in [-0.05, 0) is 76.9 Å². The first-order valence-electron chi connectivity index (χ1n) is 11.1. The Morgan fingerprint density at radius 2 is 1.66 bits per heavy atom. The molecule has 1 N–H and O–H groups in total. The lowest BCUT2D eigenvalue weighted by atomic mass is 9.95. The number of likely N-dealkylation sites (tertiary alicyclic amines) is 1. The van der Waals surface area contributed by atoms with Crippen LogP contribution in [0.1, 0.15) is 47.3 Å². The highest BCUT2D eigenvalue weighted by Gasteiger charge is 2.29. The number of nitrogens with zero attached hydrogens (tertiary/aromatic N) is 5. The molecule has 0 bridgehead atoms. The van der Waals surface area contributed by atoms with E-state index in [-0.39, 0.29) is 17.7 Å². The minimum atomic E-state index is -0.104. The van der Waals surface area contributed by atoms with Crippen molar-refractivity contribution in [1.29, 1.82) is 0 Å². The molecule has 3 heterocycles. The Bertz CT molecular complexity index is 1120. The Kier molecular flexibility index (Phi) is 6.12. The maximum absolute atomic E-state index is 12.9. The van der Waals surface area contributed by atoms with E-state index in [9.17, 15) is 9.59 Å². The number of aromatic nitrogens is 4. The zero-order valence-corrected chi connectivity index (χ0v) is 19.1. The molecule has 8 nitrogen and oxygen atoms in total. The summed E-state index contributed by atoms with van der Waals surface area (Å²) in [4.78, 5) is 27.5. The van der Waals surface area contributed by atoms with Gasteiger partial charge in [0.15, 0.2) is 0 Å². The first-order valence-corrected chi connectivity index (χ1v) is 11.1. The van der Waals surface area contributed by atoms with E-state index in [4.69, 9.17) is 0 Å². The van der Waals surface area contributed by atoms with Gasteiger partial charge in [-0.1, -0.05) is 0 Å². The van der Waals surface area contributed by atoms with Crippen LogP contribution in [0.25, 0.3) is 5.69 Å². The van der Waals surface area contributed by atoms with Gasteiger partial charge in [-0.25, -0.2) is 4.68 Å². The normalized spacial score (nSPS) is 14.6. The standard InChI is InChI=1S/C24H30N6O2/c1-5-29-22(15-17(3)26-29)24(32)28-12-10-19(11-13-28)23(31)25-20-6-8-21(9-7-20)30-18(4)14-16(2)27-30/h6-9,14-15,19H,5,10-13H2,1-4H3,(H,25,31). The second-order valence-corrected chi connectivity index (χ2v) is 8.43. The van der Waals surface area contributed by atoms with Crippen LogP contribution in [0.5, 0.6) is 0 Å². The largest absolute Gasteiger partial charge is 0.337 e. The van der Waals surface area contributed by atoms with Crippen molar-refractivity contribution in [1.82, 2.24) is 24.5 Å². The van der Waals surface area contributed by atoms with E-state index in [1.165, 1.54) is 0 Å². The minimum absolute atomic E-state index is 0.00501. The summed E-state index contributed by atoms with van der Waals surface area (Å²) in [5.41, 5.74) is 5.23. The highest BCUT2D eigenvalue weighted by Crippen LogP contribution is 2.22. The topological polar surface area (TPSA) is 85.0 Å². The molecule has 1 fully saturated rings. The number of amides is 2. The van der Waals surface area contributed by atoms with Crippen LogP contribution in [0, 0.1) is 26.7 Å². The summed E-state index contributed by atoms with van der Waals surface area (Å²) in [5.74, 6) is -0.107. The van der Waals surface area contributed by atoms with E-state index in [1.807, 2.05) is 73.7 Å². The Labute approximate surface area is 188 Å². The number of hydrogen-bond donors (Lipinski definition) is 1. The lowest BCUT2D eigenvalue weighted by Gasteiger charge is -2.31. The third kappa shape index (κ3) is 4.44. The monoisotopic (exact) mass is 434 g/mol. The second kappa shape index (κ2) is 8.98. The molecule has 0 aliphatic carbocycles. The molecule has 1 saturated heterocycles. The number of piperidine rings is 1. The predicted molar refractivity (Wildman–Crippen MR) is 123 cm³/mol. The van der Waals surface area contributed by atoms with E-state index in [0.717, 1.165) is 28.5 Å². The van der Waals surface area contributed by atoms with Crippen molar-refractivity contribution in [3.8, 4) is 5.69 Å². The van der Waals surface area contributed by atoms with E-state index >= 15 is 0 Å². The summed E-state index contributed by atoms with van der Waals surface area (Å²) in [7, 11) is 0. The number of carbonyl (C=O) groups is 2. The van der Waals surface area contributed by atoms with Gasteiger partial charge in [0, 0.05) is 36.9 Å². The van der Waals surface area contributed by atoms with Gasteiger partial charge in [0.05, 0.1) is 17.1 Å². The van der Waals surface area contributed by atoms with Crippen LogP contribution in [0.3, 0.4) is 0 Å². The third-order valence-corrected chi connectivity index (χ3v) is 5.96. The average molecular weight is 435 g/mol. The molecule has 2 aromatic heterocycles. The van der Waals surface area contributed by atoms with Crippen LogP contribution in [0.15, 0.2) is 36.4 Å². The summed E-state index contributed by atoms with van der Waals surface area (Å²) < 4.78 is 3.63. The highest BCUT2D eigenvalue weighted by molar-refractivity contribution is 5.94. The van der Waals surface area contributed by atoms with Crippen molar-refractivity contribution in [3.05, 3.63) is 59.2 Å². The third-order valence-electron chi connectivity index (χ3n) is 5.96. The molecule has 0 unspecified atom stereocenters. The summed E-state index contributed by atoms with van der Waals surface area (Å²) >= 11 is 0. The van der Waals surface area contributed by atoms with Crippen LogP contribution in [-0.2, 0) is 11.3 Å². The fraction of sp³-hybridized carbons (Fsp3) is 0.417. The highest BCUT2D eigenvalue weighted by atomic mass is 16.2. The van der Waals surface area contributed by atoms with Crippen molar-refractivity contribution >= 4 is 17.5 Å². The van der Waals surface area contributed by atoms with Crippen LogP contribution < -0.4 is 5.32 Å². The summed E-state index contributed by atoms with van der Waals surface area (Å²) in [5, 5.41) is 11.9. The first kappa shape index (κ1) is 21.8. The van der Waals surface area contributed by atoms with Gasteiger partial charge in [-0.15, -0.1) is 0 Å². The molecule has 3 aromatic rings. The zero-order chi connectivity index (χ0) is 22.8. The Morgan fingerprint density at radius 3 is 2.25 bits per heavy atom. The van der Waals surface area contributed by atoms with Gasteiger partial charge in [0.2, 0.25) is 5.91 Å². The van der Waals surface area contributed by atoms with Gasteiger partial charge < -0.3 is 10.2 Å². The van der Waals surface area contributed by atoms with Crippen molar-refractivity contribution in [3.63, 3.8) is 0 Å². The maximum Gasteiger partial charge on any atom is 0.272 e. The van der Waals surface area contributed by atoms with Crippen molar-refractivity contribution in [2.24, 2.45) is 5.92 Å². The molecule has 0 saturated carbocycles. The van der Waals surface area contributed by atoms with Crippen molar-refractivity contribution in [2.45, 2.75) is 47.1 Å². The van der Waals surface area contributed by atoms with Gasteiger partial charge >= 0.3 is 0 Å². The predicted octanol–water partition coefficient (Wildman–Crippen LogP) is 3.50. The number of hydrogen-bond acceptors (Lipinski definition) is 4. The molecule has 1 aliphatic rings. The molecule has 2 amide bonds. The molecule has 8 heteroatoms. The lowest BCUT2D eigenvalue weighted by Crippen LogP contribution is -2.42. The van der Waals surface area contributed by atoms with Gasteiger partial charge in [0.25, 0.3) is 5.91 Å². The number of benzene rings is 1. The lowest BCUT2D eigenvalue weighted by molar-refractivity contribution is -0.121.